The molecule has 1 N–H and O–H groups in total. The number of fused-ring (bicyclic) bond motifs is 2. The van der Waals surface area contributed by atoms with E-state index in [0.29, 0.717) is 30.1 Å². The molecule has 2 aliphatic heterocycles. The summed E-state index contributed by atoms with van der Waals surface area (Å²) in [5, 5.41) is 11.5. The van der Waals surface area contributed by atoms with Crippen molar-refractivity contribution in [3.8, 4) is 11.5 Å². The summed E-state index contributed by atoms with van der Waals surface area (Å²) >= 11 is 0. The van der Waals surface area contributed by atoms with Crippen LogP contribution >= 0.6 is 0 Å². The molecule has 0 saturated carbocycles. The monoisotopic (exact) mass is 508 g/mol. The van der Waals surface area contributed by atoms with Crippen molar-refractivity contribution < 1.29 is 28.5 Å². The fourth-order valence-electron chi connectivity index (χ4n) is 4.63. The maximum atomic E-state index is 10.6. The Bertz CT molecular complexity index is 1240. The molecule has 2 unspecified atom stereocenters. The lowest BCUT2D eigenvalue weighted by Crippen LogP contribution is -2.39. The lowest BCUT2D eigenvalue weighted by molar-refractivity contribution is -0.270. The highest BCUT2D eigenvalue weighted by Crippen LogP contribution is 2.48. The highest BCUT2D eigenvalue weighted by Gasteiger charge is 2.54. The van der Waals surface area contributed by atoms with Gasteiger partial charge in [0, 0.05) is 18.6 Å². The Balaban J connectivity index is 1.55. The van der Waals surface area contributed by atoms with Gasteiger partial charge in [-0.2, -0.15) is 0 Å². The lowest BCUT2D eigenvalue weighted by Gasteiger charge is -2.30. The molecule has 6 heteroatoms. The van der Waals surface area contributed by atoms with Crippen molar-refractivity contribution in [2.75, 3.05) is 6.61 Å². The molecule has 1 fully saturated rings. The zero-order valence-corrected chi connectivity index (χ0v) is 23.1. The Labute approximate surface area is 220 Å². The summed E-state index contributed by atoms with van der Waals surface area (Å²) < 4.78 is 31.0. The molecular formula is C31H40O6. The third-order valence-corrected chi connectivity index (χ3v) is 7.07. The van der Waals surface area contributed by atoms with Crippen molar-refractivity contribution in [1.82, 2.24) is 0 Å². The zero-order valence-electron chi connectivity index (χ0n) is 23.1. The molecule has 3 heterocycles. The summed E-state index contributed by atoms with van der Waals surface area (Å²) in [5.74, 6) is -0.122. The molecule has 1 saturated heterocycles. The van der Waals surface area contributed by atoms with Crippen LogP contribution in [0.4, 0.5) is 0 Å². The second-order valence-corrected chi connectivity index (χ2v) is 10.8. The Morgan fingerprint density at radius 1 is 1.19 bits per heavy atom. The second-order valence-electron chi connectivity index (χ2n) is 10.8. The van der Waals surface area contributed by atoms with E-state index in [-0.39, 0.29) is 6.10 Å². The minimum atomic E-state index is -1.39. The Morgan fingerprint density at radius 2 is 1.97 bits per heavy atom. The third kappa shape index (κ3) is 6.03. The fourth-order valence-corrected chi connectivity index (χ4v) is 4.63. The molecule has 1 spiro atoms. The van der Waals surface area contributed by atoms with E-state index >= 15 is 0 Å². The van der Waals surface area contributed by atoms with Gasteiger partial charge in [0.2, 0.25) is 0 Å². The minimum absolute atomic E-state index is 0.369. The van der Waals surface area contributed by atoms with Gasteiger partial charge in [-0.25, -0.2) is 0 Å². The Hall–Kier alpha value is -2.80. The average Bonchev–Trinajstić information content (AvgIpc) is 3.39. The first-order valence-corrected chi connectivity index (χ1v) is 13.1. The molecule has 0 radical (unpaired) electrons. The lowest BCUT2D eigenvalue weighted by atomic mass is 9.94. The van der Waals surface area contributed by atoms with Crippen LogP contribution in [0.5, 0.6) is 11.5 Å². The van der Waals surface area contributed by atoms with Crippen LogP contribution in [0.2, 0.25) is 0 Å². The van der Waals surface area contributed by atoms with Crippen LogP contribution < -0.4 is 9.47 Å². The number of ether oxygens (including phenoxy) is 4. The fraction of sp³-hybridized carbons (Fsp3) is 0.484. The van der Waals surface area contributed by atoms with Crippen LogP contribution in [0.25, 0.3) is 17.0 Å². The van der Waals surface area contributed by atoms with Crippen molar-refractivity contribution in [3.63, 3.8) is 0 Å². The molecule has 6 nitrogen and oxygen atoms in total. The Kier molecular flexibility index (Phi) is 8.02. The van der Waals surface area contributed by atoms with Gasteiger partial charge in [0.05, 0.1) is 35.0 Å². The van der Waals surface area contributed by atoms with Crippen LogP contribution in [-0.4, -0.2) is 35.5 Å². The van der Waals surface area contributed by atoms with E-state index in [1.54, 1.807) is 12.3 Å². The van der Waals surface area contributed by atoms with Gasteiger partial charge in [-0.1, -0.05) is 23.3 Å². The highest BCUT2D eigenvalue weighted by atomic mass is 16.9. The number of rotatable bonds is 9. The van der Waals surface area contributed by atoms with Crippen LogP contribution in [0, 0.1) is 0 Å². The van der Waals surface area contributed by atoms with Gasteiger partial charge in [-0.3, -0.25) is 0 Å². The van der Waals surface area contributed by atoms with E-state index in [4.69, 9.17) is 23.4 Å². The van der Waals surface area contributed by atoms with E-state index in [2.05, 4.69) is 32.9 Å². The molecule has 1 aromatic heterocycles. The largest absolute Gasteiger partial charge is 0.488 e. The molecule has 37 heavy (non-hydrogen) atoms. The topological polar surface area (TPSA) is 70.3 Å². The predicted molar refractivity (Wildman–Crippen MR) is 147 cm³/mol. The van der Waals surface area contributed by atoms with E-state index < -0.39 is 17.7 Å². The smallest absolute Gasteiger partial charge is 0.350 e. The van der Waals surface area contributed by atoms with Crippen molar-refractivity contribution in [2.45, 2.75) is 91.5 Å². The molecule has 0 aliphatic carbocycles. The summed E-state index contributed by atoms with van der Waals surface area (Å²) in [5.41, 5.74) is 4.33. The second kappa shape index (κ2) is 10.9. The summed E-state index contributed by atoms with van der Waals surface area (Å²) in [7, 11) is 0. The SMILES string of the molecule is C/C=C(\C)C(O)C[C@H]1OC2(C=Cc3c(cc4occc4c3OC/C=C(\C)CCC=C(C)C)O2)OC1(C)C. The summed E-state index contributed by atoms with van der Waals surface area (Å²) in [6.07, 6.45) is 13.1. The van der Waals surface area contributed by atoms with Crippen LogP contribution in [0.15, 0.2) is 63.8 Å². The number of aliphatic hydroxyl groups excluding tert-OH is 1. The summed E-state index contributed by atoms with van der Waals surface area (Å²) in [4.78, 5) is 0. The minimum Gasteiger partial charge on any atom is -0.488 e. The van der Waals surface area contributed by atoms with Crippen molar-refractivity contribution >= 4 is 17.0 Å². The first-order valence-electron chi connectivity index (χ1n) is 13.1. The molecule has 2 aromatic rings. The standard InChI is InChI=1S/C31H40O6/c1-8-22(5)25(32)18-28-30(6,7)37-31(36-28)15-12-23-27(35-31)19-26-24(14-17-33-26)29(23)34-16-13-21(4)11-9-10-20(2)3/h8,10,12-15,17,19,25,28,32H,9,11,16,18H2,1-7H3/b21-13+,22-8+/t25?,28-,31?/m1/s1. The maximum absolute atomic E-state index is 10.6. The van der Waals surface area contributed by atoms with E-state index in [1.165, 1.54) is 11.1 Å². The average molecular weight is 509 g/mol. The van der Waals surface area contributed by atoms with Crippen LogP contribution in [0.3, 0.4) is 0 Å². The molecule has 0 bridgehead atoms. The Morgan fingerprint density at radius 3 is 2.70 bits per heavy atom. The van der Waals surface area contributed by atoms with Gasteiger partial charge in [0.15, 0.2) is 0 Å². The van der Waals surface area contributed by atoms with Crippen LogP contribution in [0.1, 0.15) is 73.3 Å². The number of hydrogen-bond acceptors (Lipinski definition) is 6. The molecule has 0 amide bonds. The highest BCUT2D eigenvalue weighted by molar-refractivity contribution is 5.91. The third-order valence-electron chi connectivity index (χ3n) is 7.07. The predicted octanol–water partition coefficient (Wildman–Crippen LogP) is 7.47. The summed E-state index contributed by atoms with van der Waals surface area (Å²) in [6, 6.07) is 3.75. The molecule has 200 valence electrons. The van der Waals surface area contributed by atoms with E-state index in [1.807, 2.05) is 52.0 Å². The van der Waals surface area contributed by atoms with Gasteiger partial charge in [-0.15, -0.1) is 0 Å². The molecular weight excluding hydrogens is 468 g/mol. The van der Waals surface area contributed by atoms with Gasteiger partial charge in [0.1, 0.15) is 23.7 Å². The van der Waals surface area contributed by atoms with Gasteiger partial charge in [-0.05, 0) is 85.1 Å². The summed E-state index contributed by atoms with van der Waals surface area (Å²) in [6.45, 7) is 14.5. The number of hydrogen-bond donors (Lipinski definition) is 1. The van der Waals surface area contributed by atoms with E-state index in [9.17, 15) is 5.11 Å². The van der Waals surface area contributed by atoms with Crippen molar-refractivity contribution in [1.29, 1.82) is 0 Å². The molecule has 1 aromatic carbocycles. The van der Waals surface area contributed by atoms with Crippen molar-refractivity contribution in [2.24, 2.45) is 0 Å². The molecule has 4 rings (SSSR count). The van der Waals surface area contributed by atoms with Gasteiger partial charge in [0.25, 0.3) is 0 Å². The number of aliphatic hydroxyl groups is 1. The quantitative estimate of drug-likeness (QED) is 0.354. The zero-order chi connectivity index (χ0) is 26.8. The molecule has 3 atom stereocenters. The first-order chi connectivity index (χ1) is 17.5. The number of benzene rings is 1. The van der Waals surface area contributed by atoms with Crippen LogP contribution in [-0.2, 0) is 9.47 Å². The van der Waals surface area contributed by atoms with Gasteiger partial charge < -0.3 is 28.5 Å². The first kappa shape index (κ1) is 27.2. The molecule has 2 aliphatic rings. The normalized spacial score (nSPS) is 23.7. The van der Waals surface area contributed by atoms with Gasteiger partial charge >= 0.3 is 5.97 Å². The maximum Gasteiger partial charge on any atom is 0.350 e. The number of allylic oxidation sites excluding steroid dienone is 4. The van der Waals surface area contributed by atoms with Crippen molar-refractivity contribution in [3.05, 3.63) is 65.0 Å². The van der Waals surface area contributed by atoms with E-state index in [0.717, 1.165) is 29.4 Å². The number of furan rings is 1.